The normalized spacial score (nSPS) is 12.0. The lowest BCUT2D eigenvalue weighted by Crippen LogP contribution is -2.30. The molecule has 0 saturated carbocycles. The summed E-state index contributed by atoms with van der Waals surface area (Å²) in [4.78, 5) is 25.5. The summed E-state index contributed by atoms with van der Waals surface area (Å²) in [7, 11) is 0. The van der Waals surface area contributed by atoms with E-state index in [0.717, 1.165) is 32.1 Å². The molecular weight excluding hydrogens is 789 g/mol. The number of hydrogen-bond donors (Lipinski definition) is 0. The van der Waals surface area contributed by atoms with Crippen LogP contribution in [0.25, 0.3) is 0 Å². The second-order valence-corrected chi connectivity index (χ2v) is 20.3. The third-order valence-corrected chi connectivity index (χ3v) is 13.6. The van der Waals surface area contributed by atoms with Crippen LogP contribution in [0.4, 0.5) is 0 Å². The molecule has 0 unspecified atom stereocenters. The standard InChI is InChI=1S/C59H116O5/c1-4-7-10-13-16-19-22-24-26-28-29-30-31-32-33-35-38-41-44-47-50-53-59(61)64-57(56-63-58(60)52-49-46-43-40-37-21-18-15-12-9-6-3)55-62-54-51-48-45-42-39-36-34-27-25-23-20-17-14-11-8-5-2/h57H,4-56H2,1-3H3/t57-/m1/s1. The van der Waals surface area contributed by atoms with E-state index in [4.69, 9.17) is 14.2 Å². The van der Waals surface area contributed by atoms with Crippen LogP contribution in [-0.2, 0) is 23.8 Å². The number of unbranched alkanes of at least 4 members (excludes halogenated alkanes) is 45. The van der Waals surface area contributed by atoms with Crippen molar-refractivity contribution < 1.29 is 23.8 Å². The Kier molecular flexibility index (Phi) is 55.3. The SMILES string of the molecule is CCCCCCCCCCCCCCCCCCCCCCCC(=O)O[C@H](COCCCCCCCCCCCCCCCCCC)COC(=O)CCCCCCCCCCCCC. The fourth-order valence-corrected chi connectivity index (χ4v) is 9.22. The van der Waals surface area contributed by atoms with Gasteiger partial charge in [0, 0.05) is 19.4 Å². The van der Waals surface area contributed by atoms with Gasteiger partial charge in [-0.25, -0.2) is 0 Å². The first-order valence-corrected chi connectivity index (χ1v) is 29.6. The zero-order valence-corrected chi connectivity index (χ0v) is 44.1. The van der Waals surface area contributed by atoms with Gasteiger partial charge in [-0.2, -0.15) is 0 Å². The van der Waals surface area contributed by atoms with E-state index in [1.54, 1.807) is 0 Å². The molecule has 0 amide bonds. The van der Waals surface area contributed by atoms with E-state index in [-0.39, 0.29) is 18.5 Å². The van der Waals surface area contributed by atoms with Crippen molar-refractivity contribution in [1.82, 2.24) is 0 Å². The largest absolute Gasteiger partial charge is 0.462 e. The molecule has 0 aromatic heterocycles. The van der Waals surface area contributed by atoms with Crippen molar-refractivity contribution in [2.24, 2.45) is 0 Å². The Bertz CT molecular complexity index is 891. The molecule has 0 saturated heterocycles. The minimum absolute atomic E-state index is 0.0981. The molecule has 0 heterocycles. The van der Waals surface area contributed by atoms with Gasteiger partial charge in [-0.1, -0.05) is 310 Å². The van der Waals surface area contributed by atoms with Gasteiger partial charge in [0.05, 0.1) is 6.61 Å². The average Bonchev–Trinajstić information content (AvgIpc) is 3.30. The number of carbonyl (C=O) groups is 2. The highest BCUT2D eigenvalue weighted by atomic mass is 16.6. The third-order valence-electron chi connectivity index (χ3n) is 13.6. The molecule has 0 spiro atoms. The van der Waals surface area contributed by atoms with Crippen molar-refractivity contribution in [2.45, 2.75) is 348 Å². The first kappa shape index (κ1) is 62.9. The Labute approximate surface area is 402 Å². The van der Waals surface area contributed by atoms with E-state index in [1.165, 1.54) is 276 Å². The molecule has 0 aliphatic heterocycles. The Morgan fingerprint density at radius 1 is 0.281 bits per heavy atom. The van der Waals surface area contributed by atoms with Gasteiger partial charge in [-0.3, -0.25) is 9.59 Å². The summed E-state index contributed by atoms with van der Waals surface area (Å²) in [6.45, 7) is 7.92. The van der Waals surface area contributed by atoms with E-state index in [2.05, 4.69) is 20.8 Å². The zero-order valence-electron chi connectivity index (χ0n) is 44.1. The topological polar surface area (TPSA) is 61.8 Å². The van der Waals surface area contributed by atoms with Crippen LogP contribution in [0.3, 0.4) is 0 Å². The van der Waals surface area contributed by atoms with Crippen molar-refractivity contribution >= 4 is 11.9 Å². The van der Waals surface area contributed by atoms with Crippen LogP contribution in [0.15, 0.2) is 0 Å². The Morgan fingerprint density at radius 2 is 0.516 bits per heavy atom. The fraction of sp³-hybridized carbons (Fsp3) is 0.966. The molecule has 1 atom stereocenters. The summed E-state index contributed by atoms with van der Waals surface area (Å²) in [5.74, 6) is -0.366. The number of ether oxygens (including phenoxy) is 3. The minimum atomic E-state index is -0.523. The van der Waals surface area contributed by atoms with Crippen LogP contribution >= 0.6 is 0 Å². The summed E-state index contributed by atoms with van der Waals surface area (Å²) in [6, 6.07) is 0. The first-order chi connectivity index (χ1) is 31.6. The zero-order chi connectivity index (χ0) is 46.3. The molecule has 0 fully saturated rings. The maximum Gasteiger partial charge on any atom is 0.306 e. The lowest BCUT2D eigenvalue weighted by molar-refractivity contribution is -0.163. The number of carbonyl (C=O) groups excluding carboxylic acids is 2. The van der Waals surface area contributed by atoms with E-state index in [0.29, 0.717) is 26.1 Å². The number of esters is 2. The van der Waals surface area contributed by atoms with Gasteiger partial charge < -0.3 is 14.2 Å². The third kappa shape index (κ3) is 53.5. The summed E-state index contributed by atoms with van der Waals surface area (Å²) in [5.41, 5.74) is 0. The molecule has 0 rings (SSSR count). The molecule has 5 heteroatoms. The quantitative estimate of drug-likeness (QED) is 0.0449. The molecule has 64 heavy (non-hydrogen) atoms. The smallest absolute Gasteiger partial charge is 0.306 e. The first-order valence-electron chi connectivity index (χ1n) is 29.6. The van der Waals surface area contributed by atoms with Crippen molar-refractivity contribution in [2.75, 3.05) is 19.8 Å². The van der Waals surface area contributed by atoms with Crippen LogP contribution in [0.5, 0.6) is 0 Å². The average molecular weight is 906 g/mol. The maximum absolute atomic E-state index is 12.9. The Hall–Kier alpha value is -1.10. The van der Waals surface area contributed by atoms with Gasteiger partial charge >= 0.3 is 11.9 Å². The van der Waals surface area contributed by atoms with Crippen molar-refractivity contribution in [3.05, 3.63) is 0 Å². The van der Waals surface area contributed by atoms with Crippen molar-refractivity contribution in [3.8, 4) is 0 Å². The fourth-order valence-electron chi connectivity index (χ4n) is 9.22. The monoisotopic (exact) mass is 905 g/mol. The second-order valence-electron chi connectivity index (χ2n) is 20.3. The predicted molar refractivity (Wildman–Crippen MR) is 280 cm³/mol. The summed E-state index contributed by atoms with van der Waals surface area (Å²) < 4.78 is 17.5. The molecule has 0 aliphatic carbocycles. The highest BCUT2D eigenvalue weighted by molar-refractivity contribution is 5.70. The highest BCUT2D eigenvalue weighted by Crippen LogP contribution is 2.18. The molecule has 0 radical (unpaired) electrons. The van der Waals surface area contributed by atoms with Gasteiger partial charge in [-0.05, 0) is 19.3 Å². The summed E-state index contributed by atoms with van der Waals surface area (Å²) in [5, 5.41) is 0. The number of hydrogen-bond acceptors (Lipinski definition) is 5. The minimum Gasteiger partial charge on any atom is -0.462 e. The van der Waals surface area contributed by atoms with E-state index < -0.39 is 6.10 Å². The molecule has 0 bridgehead atoms. The molecule has 0 aliphatic rings. The lowest BCUT2D eigenvalue weighted by atomic mass is 10.0. The maximum atomic E-state index is 12.9. The highest BCUT2D eigenvalue weighted by Gasteiger charge is 2.18. The molecular formula is C59H116O5. The molecule has 382 valence electrons. The van der Waals surface area contributed by atoms with E-state index >= 15 is 0 Å². The van der Waals surface area contributed by atoms with E-state index in [9.17, 15) is 9.59 Å². The molecule has 0 N–H and O–H groups in total. The van der Waals surface area contributed by atoms with Crippen LogP contribution in [-0.4, -0.2) is 37.9 Å². The van der Waals surface area contributed by atoms with Crippen molar-refractivity contribution in [1.29, 1.82) is 0 Å². The van der Waals surface area contributed by atoms with Gasteiger partial charge in [0.15, 0.2) is 6.10 Å². The molecule has 5 nitrogen and oxygen atoms in total. The van der Waals surface area contributed by atoms with Crippen LogP contribution in [0, 0.1) is 0 Å². The number of rotatable bonds is 56. The van der Waals surface area contributed by atoms with Gasteiger partial charge in [0.2, 0.25) is 0 Å². The lowest BCUT2D eigenvalue weighted by Gasteiger charge is -2.18. The van der Waals surface area contributed by atoms with Crippen LogP contribution < -0.4 is 0 Å². The van der Waals surface area contributed by atoms with Crippen LogP contribution in [0.2, 0.25) is 0 Å². The predicted octanol–water partition coefficient (Wildman–Crippen LogP) is 20.0. The van der Waals surface area contributed by atoms with Crippen molar-refractivity contribution in [3.63, 3.8) is 0 Å². The van der Waals surface area contributed by atoms with Crippen LogP contribution in [0.1, 0.15) is 342 Å². The molecule has 0 aromatic rings. The second kappa shape index (κ2) is 56.2. The van der Waals surface area contributed by atoms with Gasteiger partial charge in [0.1, 0.15) is 6.61 Å². The summed E-state index contributed by atoms with van der Waals surface area (Å²) >= 11 is 0. The Balaban J connectivity index is 4.12. The van der Waals surface area contributed by atoms with Gasteiger partial charge in [0.25, 0.3) is 0 Å². The Morgan fingerprint density at radius 3 is 0.797 bits per heavy atom. The van der Waals surface area contributed by atoms with E-state index in [1.807, 2.05) is 0 Å². The molecule has 0 aromatic carbocycles. The van der Waals surface area contributed by atoms with Gasteiger partial charge in [-0.15, -0.1) is 0 Å². The summed E-state index contributed by atoms with van der Waals surface area (Å²) in [6.07, 6.45) is 64.2.